The Labute approximate surface area is 158 Å². The molecule has 0 radical (unpaired) electrons. The highest BCUT2D eigenvalue weighted by molar-refractivity contribution is 7.91. The second kappa shape index (κ2) is 8.98. The van der Waals surface area contributed by atoms with E-state index in [1.165, 1.54) is 11.8 Å². The molecule has 9 heteroatoms. The van der Waals surface area contributed by atoms with Gasteiger partial charge in [-0.05, 0) is 44.5 Å². The van der Waals surface area contributed by atoms with Crippen LogP contribution in [0.25, 0.3) is 0 Å². The summed E-state index contributed by atoms with van der Waals surface area (Å²) in [4.78, 5) is 36.6. The van der Waals surface area contributed by atoms with Crippen molar-refractivity contribution in [2.75, 3.05) is 31.3 Å². The quantitative estimate of drug-likeness (QED) is 0.473. The normalized spacial score (nSPS) is 17.9. The monoisotopic (exact) mass is 397 g/mol. The molecule has 1 saturated heterocycles. The van der Waals surface area contributed by atoms with Gasteiger partial charge in [0, 0.05) is 18.2 Å². The number of esters is 1. The van der Waals surface area contributed by atoms with E-state index >= 15 is 0 Å². The highest BCUT2D eigenvalue weighted by Gasteiger charge is 2.34. The van der Waals surface area contributed by atoms with Crippen molar-refractivity contribution in [2.45, 2.75) is 26.3 Å². The van der Waals surface area contributed by atoms with Crippen molar-refractivity contribution in [1.82, 2.24) is 4.90 Å². The molecule has 8 nitrogen and oxygen atoms in total. The molecule has 1 aliphatic rings. The van der Waals surface area contributed by atoms with Crippen molar-refractivity contribution in [3.63, 3.8) is 0 Å². The molecule has 0 saturated carbocycles. The van der Waals surface area contributed by atoms with Gasteiger partial charge in [0.1, 0.15) is 5.75 Å². The maximum atomic E-state index is 12.2. The Morgan fingerprint density at radius 2 is 1.81 bits per heavy atom. The van der Waals surface area contributed by atoms with Gasteiger partial charge in [-0.25, -0.2) is 13.2 Å². The summed E-state index contributed by atoms with van der Waals surface area (Å²) in [6.45, 7) is 2.70. The van der Waals surface area contributed by atoms with Crippen molar-refractivity contribution in [3.8, 4) is 5.75 Å². The van der Waals surface area contributed by atoms with Crippen LogP contribution < -0.4 is 4.74 Å². The predicted octanol–water partition coefficient (Wildman–Crippen LogP) is 0.847. The number of hydrogen-bond donors (Lipinski definition) is 0. The number of hydrogen-bond acceptors (Lipinski definition) is 7. The van der Waals surface area contributed by atoms with Crippen LogP contribution in [0.5, 0.6) is 5.75 Å². The van der Waals surface area contributed by atoms with Crippen molar-refractivity contribution in [1.29, 1.82) is 0 Å². The number of rotatable bonds is 8. The number of benzene rings is 1. The Morgan fingerprint density at radius 3 is 2.33 bits per heavy atom. The molecule has 1 heterocycles. The summed E-state index contributed by atoms with van der Waals surface area (Å²) < 4.78 is 33.3. The lowest BCUT2D eigenvalue weighted by atomic mass is 10.1. The van der Waals surface area contributed by atoms with Crippen LogP contribution in [0.4, 0.5) is 0 Å². The fourth-order valence-corrected chi connectivity index (χ4v) is 4.59. The van der Waals surface area contributed by atoms with Crippen LogP contribution in [-0.2, 0) is 24.2 Å². The molecule has 1 fully saturated rings. The van der Waals surface area contributed by atoms with E-state index in [9.17, 15) is 22.8 Å². The predicted molar refractivity (Wildman–Crippen MR) is 97.3 cm³/mol. The van der Waals surface area contributed by atoms with Gasteiger partial charge in [-0.3, -0.25) is 9.59 Å². The third-order valence-corrected chi connectivity index (χ3v) is 6.03. The molecule has 1 aromatic rings. The Kier molecular flexibility index (Phi) is 6.95. The van der Waals surface area contributed by atoms with E-state index in [1.807, 2.05) is 0 Å². The zero-order valence-corrected chi connectivity index (χ0v) is 16.2. The Hall–Kier alpha value is -2.42. The van der Waals surface area contributed by atoms with E-state index in [1.54, 1.807) is 31.2 Å². The zero-order chi connectivity index (χ0) is 20.0. The summed E-state index contributed by atoms with van der Waals surface area (Å²) in [6.07, 6.45) is 0.398. The van der Waals surface area contributed by atoms with Crippen LogP contribution in [0.2, 0.25) is 0 Å². The molecule has 148 valence electrons. The number of carbonyl (C=O) groups excluding carboxylic acids is 3. The van der Waals surface area contributed by atoms with Gasteiger partial charge in [-0.15, -0.1) is 0 Å². The minimum Gasteiger partial charge on any atom is -0.482 e. The maximum absolute atomic E-state index is 12.2. The molecule has 1 aromatic carbocycles. The number of ketones is 1. The van der Waals surface area contributed by atoms with E-state index in [0.717, 1.165) is 0 Å². The van der Waals surface area contributed by atoms with E-state index in [-0.39, 0.29) is 29.9 Å². The van der Waals surface area contributed by atoms with Gasteiger partial charge >= 0.3 is 5.97 Å². The van der Waals surface area contributed by atoms with Gasteiger partial charge in [-0.1, -0.05) is 0 Å². The molecule has 2 rings (SSSR count). The van der Waals surface area contributed by atoms with Crippen molar-refractivity contribution in [2.24, 2.45) is 0 Å². The lowest BCUT2D eigenvalue weighted by Gasteiger charge is -2.26. The van der Waals surface area contributed by atoms with Crippen molar-refractivity contribution in [3.05, 3.63) is 29.8 Å². The van der Waals surface area contributed by atoms with Crippen LogP contribution in [0.3, 0.4) is 0 Å². The molecule has 0 unspecified atom stereocenters. The first kappa shape index (κ1) is 20.9. The van der Waals surface area contributed by atoms with Gasteiger partial charge in [0.25, 0.3) is 5.91 Å². The van der Waals surface area contributed by atoms with Gasteiger partial charge < -0.3 is 14.4 Å². The number of ether oxygens (including phenoxy) is 2. The molecule has 0 bridgehead atoms. The minimum atomic E-state index is -3.11. The number of amides is 1. The Bertz CT molecular complexity index is 802. The molecule has 27 heavy (non-hydrogen) atoms. The smallest absolute Gasteiger partial charge is 0.344 e. The lowest BCUT2D eigenvalue weighted by molar-refractivity contribution is -0.154. The number of carbonyl (C=O) groups is 3. The fraction of sp³-hybridized carbons (Fsp3) is 0.500. The lowest BCUT2D eigenvalue weighted by Crippen LogP contribution is -2.43. The molecule has 0 N–H and O–H groups in total. The molecule has 1 aliphatic heterocycles. The van der Waals surface area contributed by atoms with E-state index < -0.39 is 28.3 Å². The Balaban J connectivity index is 1.78. The van der Waals surface area contributed by atoms with Crippen molar-refractivity contribution >= 4 is 27.5 Å². The summed E-state index contributed by atoms with van der Waals surface area (Å²) in [7, 11) is -3.11. The standard InChI is InChI=1S/C18H23NO7S/c1-3-19(15-8-9-27(23,24)12-15)17(21)10-26-18(22)11-25-16-6-4-14(5-7-16)13(2)20/h4-7,15H,3,8-12H2,1-2H3/t15-/m1/s1. The van der Waals surface area contributed by atoms with E-state index in [0.29, 0.717) is 24.3 Å². The molecule has 0 spiro atoms. The molecule has 1 amide bonds. The number of Topliss-reactive ketones (excluding diaryl/α,β-unsaturated/α-hetero) is 1. The van der Waals surface area contributed by atoms with Gasteiger partial charge in [0.15, 0.2) is 28.8 Å². The first-order chi connectivity index (χ1) is 12.7. The molecular formula is C18H23NO7S. The molecular weight excluding hydrogens is 374 g/mol. The first-order valence-corrected chi connectivity index (χ1v) is 10.4. The second-order valence-corrected chi connectivity index (χ2v) is 8.50. The second-order valence-electron chi connectivity index (χ2n) is 6.27. The first-order valence-electron chi connectivity index (χ1n) is 8.61. The average molecular weight is 397 g/mol. The fourth-order valence-electron chi connectivity index (χ4n) is 2.85. The Morgan fingerprint density at radius 1 is 1.15 bits per heavy atom. The summed E-state index contributed by atoms with van der Waals surface area (Å²) in [5, 5.41) is 0. The highest BCUT2D eigenvalue weighted by atomic mass is 32.2. The van der Waals surface area contributed by atoms with Crippen LogP contribution in [0.1, 0.15) is 30.6 Å². The number of sulfone groups is 1. The molecule has 0 aromatic heterocycles. The molecule has 1 atom stereocenters. The topological polar surface area (TPSA) is 107 Å². The highest BCUT2D eigenvalue weighted by Crippen LogP contribution is 2.18. The zero-order valence-electron chi connectivity index (χ0n) is 15.3. The SMILES string of the molecule is CCN(C(=O)COC(=O)COc1ccc(C(C)=O)cc1)[C@@H]1CCS(=O)(=O)C1. The minimum absolute atomic E-state index is 0.0557. The molecule has 0 aliphatic carbocycles. The van der Waals surface area contributed by atoms with Gasteiger partial charge in [0.05, 0.1) is 11.5 Å². The summed E-state index contributed by atoms with van der Waals surface area (Å²) in [6, 6.07) is 5.92. The van der Waals surface area contributed by atoms with Gasteiger partial charge in [-0.2, -0.15) is 0 Å². The third-order valence-electron chi connectivity index (χ3n) is 4.28. The average Bonchev–Trinajstić information content (AvgIpc) is 2.98. The van der Waals surface area contributed by atoms with Crippen LogP contribution in [-0.4, -0.2) is 68.3 Å². The van der Waals surface area contributed by atoms with E-state index in [2.05, 4.69) is 0 Å². The number of likely N-dealkylation sites (N-methyl/N-ethyl adjacent to an activating group) is 1. The van der Waals surface area contributed by atoms with Gasteiger partial charge in [0.2, 0.25) is 0 Å². The van der Waals surface area contributed by atoms with Crippen molar-refractivity contribution < 1.29 is 32.3 Å². The van der Waals surface area contributed by atoms with E-state index in [4.69, 9.17) is 9.47 Å². The van der Waals surface area contributed by atoms with Crippen LogP contribution in [0, 0.1) is 0 Å². The third kappa shape index (κ3) is 6.06. The largest absolute Gasteiger partial charge is 0.482 e. The summed E-state index contributed by atoms with van der Waals surface area (Å²) >= 11 is 0. The summed E-state index contributed by atoms with van der Waals surface area (Å²) in [5.74, 6) is -0.810. The van der Waals surface area contributed by atoms with Crippen LogP contribution >= 0.6 is 0 Å². The number of nitrogens with zero attached hydrogens (tertiary/aromatic N) is 1. The summed E-state index contributed by atoms with van der Waals surface area (Å²) in [5.41, 5.74) is 0.532. The maximum Gasteiger partial charge on any atom is 0.344 e. The van der Waals surface area contributed by atoms with Crippen LogP contribution in [0.15, 0.2) is 24.3 Å².